The number of aromatic nitrogens is 3. The first-order valence-corrected chi connectivity index (χ1v) is 7.06. The van der Waals surface area contributed by atoms with Crippen LogP contribution in [0.5, 0.6) is 11.5 Å². The zero-order valence-corrected chi connectivity index (χ0v) is 12.6. The van der Waals surface area contributed by atoms with Crippen LogP contribution in [0, 0.1) is 0 Å². The van der Waals surface area contributed by atoms with Gasteiger partial charge in [-0.15, -0.1) is 0 Å². The number of nitrogens with one attached hydrogen (secondary N) is 1. The summed E-state index contributed by atoms with van der Waals surface area (Å²) in [5.41, 5.74) is 1.65. The number of ether oxygens (including phenoxy) is 1. The highest BCUT2D eigenvalue weighted by Gasteiger charge is 2.35. The second-order valence-corrected chi connectivity index (χ2v) is 5.04. The third-order valence-electron chi connectivity index (χ3n) is 3.75. The van der Waals surface area contributed by atoms with Crippen molar-refractivity contribution >= 4 is 11.9 Å². The summed E-state index contributed by atoms with van der Waals surface area (Å²) in [5.74, 6) is -0.508. The van der Waals surface area contributed by atoms with Crippen molar-refractivity contribution in [2.24, 2.45) is 0 Å². The zero-order valence-electron chi connectivity index (χ0n) is 12.6. The predicted octanol–water partition coefficient (Wildman–Crippen LogP) is 1.54. The SMILES string of the molecule is CCC1=C(C(=O)OC)[C@@H](c2ccc(O)c(O)c2)n2ncnc2N1. The van der Waals surface area contributed by atoms with E-state index >= 15 is 0 Å². The van der Waals surface area contributed by atoms with Crippen molar-refractivity contribution in [3.63, 3.8) is 0 Å². The maximum absolute atomic E-state index is 12.3. The number of hydrogen-bond acceptors (Lipinski definition) is 7. The molecule has 1 aromatic carbocycles. The van der Waals surface area contributed by atoms with Gasteiger partial charge in [0.2, 0.25) is 5.95 Å². The van der Waals surface area contributed by atoms with E-state index in [1.54, 1.807) is 6.07 Å². The molecule has 0 saturated heterocycles. The van der Waals surface area contributed by atoms with E-state index in [0.717, 1.165) is 0 Å². The number of phenols is 2. The molecule has 3 N–H and O–H groups in total. The number of carbonyl (C=O) groups is 1. The molecule has 1 aliphatic heterocycles. The van der Waals surface area contributed by atoms with Gasteiger partial charge in [0.25, 0.3) is 0 Å². The molecule has 3 rings (SSSR count). The van der Waals surface area contributed by atoms with Crippen LogP contribution in [-0.2, 0) is 9.53 Å². The van der Waals surface area contributed by atoms with Crippen LogP contribution in [0.4, 0.5) is 5.95 Å². The Morgan fingerprint density at radius 2 is 2.17 bits per heavy atom. The van der Waals surface area contributed by atoms with E-state index in [4.69, 9.17) is 4.74 Å². The Morgan fingerprint density at radius 3 is 2.83 bits per heavy atom. The number of aromatic hydroxyl groups is 2. The summed E-state index contributed by atoms with van der Waals surface area (Å²) >= 11 is 0. The Morgan fingerprint density at radius 1 is 1.39 bits per heavy atom. The fraction of sp³-hybridized carbons (Fsp3) is 0.267. The van der Waals surface area contributed by atoms with Crippen LogP contribution in [0.1, 0.15) is 24.9 Å². The molecule has 23 heavy (non-hydrogen) atoms. The van der Waals surface area contributed by atoms with E-state index in [1.807, 2.05) is 6.92 Å². The monoisotopic (exact) mass is 316 g/mol. The Hall–Kier alpha value is -3.03. The second kappa shape index (κ2) is 5.64. The number of carbonyl (C=O) groups excluding carboxylic acids is 1. The van der Waals surface area contributed by atoms with Crippen molar-refractivity contribution in [2.75, 3.05) is 12.4 Å². The van der Waals surface area contributed by atoms with Crippen molar-refractivity contribution in [1.29, 1.82) is 0 Å². The number of phenolic OH excluding ortho intramolecular Hbond substituents is 2. The van der Waals surface area contributed by atoms with Gasteiger partial charge >= 0.3 is 5.97 Å². The first kappa shape index (κ1) is 14.9. The van der Waals surface area contributed by atoms with Gasteiger partial charge in [-0.25, -0.2) is 9.48 Å². The number of methoxy groups -OCH3 is 1. The van der Waals surface area contributed by atoms with Crippen LogP contribution in [0.3, 0.4) is 0 Å². The molecule has 120 valence electrons. The van der Waals surface area contributed by atoms with E-state index in [-0.39, 0.29) is 11.5 Å². The van der Waals surface area contributed by atoms with Crippen LogP contribution >= 0.6 is 0 Å². The molecule has 0 saturated carbocycles. The lowest BCUT2D eigenvalue weighted by molar-refractivity contribution is -0.136. The Kier molecular flexibility index (Phi) is 3.65. The van der Waals surface area contributed by atoms with Gasteiger partial charge in [-0.2, -0.15) is 10.1 Å². The van der Waals surface area contributed by atoms with Crippen molar-refractivity contribution in [2.45, 2.75) is 19.4 Å². The fourth-order valence-electron chi connectivity index (χ4n) is 2.66. The van der Waals surface area contributed by atoms with Gasteiger partial charge in [-0.1, -0.05) is 13.0 Å². The minimum Gasteiger partial charge on any atom is -0.504 e. The molecule has 8 heteroatoms. The maximum Gasteiger partial charge on any atom is 0.338 e. The number of fused-ring (bicyclic) bond motifs is 1. The standard InChI is InChI=1S/C15H16N4O4/c1-3-9-12(14(22)23-2)13(19-15(18-9)16-7-17-19)8-4-5-10(20)11(21)6-8/h4-7,13,20-21H,3H2,1-2H3,(H,16,17,18)/t13-/m1/s1. The molecule has 1 aromatic heterocycles. The van der Waals surface area contributed by atoms with Gasteiger partial charge in [0, 0.05) is 5.70 Å². The number of allylic oxidation sites excluding steroid dienone is 1. The van der Waals surface area contributed by atoms with Crippen LogP contribution in [-0.4, -0.2) is 38.1 Å². The molecule has 0 radical (unpaired) electrons. The van der Waals surface area contributed by atoms with E-state index in [0.29, 0.717) is 29.2 Å². The summed E-state index contributed by atoms with van der Waals surface area (Å²) in [6, 6.07) is 3.77. The van der Waals surface area contributed by atoms with Gasteiger partial charge in [0.15, 0.2) is 11.5 Å². The topological polar surface area (TPSA) is 110 Å². The third kappa shape index (κ3) is 2.37. The lowest BCUT2D eigenvalue weighted by atomic mass is 9.94. The van der Waals surface area contributed by atoms with E-state index < -0.39 is 12.0 Å². The highest BCUT2D eigenvalue weighted by atomic mass is 16.5. The van der Waals surface area contributed by atoms with Crippen molar-refractivity contribution in [1.82, 2.24) is 14.8 Å². The molecule has 0 amide bonds. The third-order valence-corrected chi connectivity index (χ3v) is 3.75. The minimum atomic E-state index is -0.609. The lowest BCUT2D eigenvalue weighted by Crippen LogP contribution is -2.29. The van der Waals surface area contributed by atoms with Gasteiger partial charge < -0.3 is 20.3 Å². The molecular formula is C15H16N4O4. The number of benzene rings is 1. The van der Waals surface area contributed by atoms with Crippen molar-refractivity contribution in [3.8, 4) is 11.5 Å². The summed E-state index contributed by atoms with van der Waals surface area (Å²) in [4.78, 5) is 16.4. The lowest BCUT2D eigenvalue weighted by Gasteiger charge is -2.28. The van der Waals surface area contributed by atoms with Gasteiger partial charge in [0.1, 0.15) is 12.4 Å². The highest BCUT2D eigenvalue weighted by Crippen LogP contribution is 2.38. The number of anilines is 1. The van der Waals surface area contributed by atoms with Crippen LogP contribution < -0.4 is 5.32 Å². The molecular weight excluding hydrogens is 300 g/mol. The summed E-state index contributed by atoms with van der Waals surface area (Å²) in [5, 5.41) is 26.5. The van der Waals surface area contributed by atoms with Crippen molar-refractivity contribution in [3.05, 3.63) is 41.4 Å². The molecule has 8 nitrogen and oxygen atoms in total. The van der Waals surface area contributed by atoms with Gasteiger partial charge in [-0.05, 0) is 24.1 Å². The summed E-state index contributed by atoms with van der Waals surface area (Å²) in [6.45, 7) is 1.91. The van der Waals surface area contributed by atoms with Crippen LogP contribution in [0.15, 0.2) is 35.8 Å². The number of hydrogen-bond donors (Lipinski definition) is 3. The van der Waals surface area contributed by atoms with E-state index in [9.17, 15) is 15.0 Å². The summed E-state index contributed by atoms with van der Waals surface area (Å²) in [7, 11) is 1.31. The molecule has 0 spiro atoms. The normalized spacial score (nSPS) is 16.7. The summed E-state index contributed by atoms with van der Waals surface area (Å²) in [6.07, 6.45) is 1.95. The van der Waals surface area contributed by atoms with E-state index in [2.05, 4.69) is 15.4 Å². The minimum absolute atomic E-state index is 0.235. The van der Waals surface area contributed by atoms with E-state index in [1.165, 1.54) is 30.3 Å². The molecule has 0 aliphatic carbocycles. The first-order valence-electron chi connectivity index (χ1n) is 7.06. The largest absolute Gasteiger partial charge is 0.504 e. The Bertz CT molecular complexity index is 797. The van der Waals surface area contributed by atoms with Crippen LogP contribution in [0.2, 0.25) is 0 Å². The molecule has 0 unspecified atom stereocenters. The second-order valence-electron chi connectivity index (χ2n) is 5.04. The first-order chi connectivity index (χ1) is 11.1. The highest BCUT2D eigenvalue weighted by molar-refractivity contribution is 5.92. The van der Waals surface area contributed by atoms with Gasteiger partial charge in [-0.3, -0.25) is 0 Å². The molecule has 2 aromatic rings. The summed E-state index contributed by atoms with van der Waals surface area (Å²) < 4.78 is 6.45. The number of nitrogens with zero attached hydrogens (tertiary/aromatic N) is 3. The number of esters is 1. The average Bonchev–Trinajstić information content (AvgIpc) is 3.03. The predicted molar refractivity (Wildman–Crippen MR) is 80.9 cm³/mol. The molecule has 1 atom stereocenters. The molecule has 1 aliphatic rings. The average molecular weight is 316 g/mol. The number of rotatable bonds is 3. The molecule has 2 heterocycles. The zero-order chi connectivity index (χ0) is 16.6. The Balaban J connectivity index is 2.22. The fourth-order valence-corrected chi connectivity index (χ4v) is 2.66. The quantitative estimate of drug-likeness (QED) is 0.582. The maximum atomic E-state index is 12.3. The van der Waals surface area contributed by atoms with Crippen LogP contribution in [0.25, 0.3) is 0 Å². The molecule has 0 fully saturated rings. The van der Waals surface area contributed by atoms with Crippen molar-refractivity contribution < 1.29 is 19.7 Å². The molecule has 0 bridgehead atoms. The Labute approximate surface area is 132 Å². The smallest absolute Gasteiger partial charge is 0.338 e. The van der Waals surface area contributed by atoms with Gasteiger partial charge in [0.05, 0.1) is 12.7 Å².